The van der Waals surface area contributed by atoms with Gasteiger partial charge in [-0.25, -0.2) is 4.99 Å². The molecule has 1 heterocycles. The molecule has 0 bridgehead atoms. The van der Waals surface area contributed by atoms with E-state index in [4.69, 9.17) is 21.0 Å². The molecule has 1 N–H and O–H groups in total. The van der Waals surface area contributed by atoms with Crippen LogP contribution < -0.4 is 5.36 Å². The van der Waals surface area contributed by atoms with Gasteiger partial charge in [0.25, 0.3) is 0 Å². The topological polar surface area (TPSA) is 45.7 Å². The minimum Gasteiger partial charge on any atom is -0.508 e. The largest absolute Gasteiger partial charge is 0.508 e. The molecule has 0 radical (unpaired) electrons. The number of fused-ring (bicyclic) bond motifs is 1. The van der Waals surface area contributed by atoms with Crippen LogP contribution in [-0.4, -0.2) is 5.11 Å². The Morgan fingerprint density at radius 3 is 2.37 bits per heavy atom. The van der Waals surface area contributed by atoms with Crippen LogP contribution in [0.3, 0.4) is 0 Å². The Bertz CT molecular complexity index is 1210. The van der Waals surface area contributed by atoms with Gasteiger partial charge in [-0.05, 0) is 79.6 Å². The van der Waals surface area contributed by atoms with E-state index in [2.05, 4.69) is 26.0 Å². The van der Waals surface area contributed by atoms with Crippen LogP contribution in [0.4, 0.5) is 5.69 Å². The molecule has 3 aromatic carbocycles. The number of halogens is 1. The van der Waals surface area contributed by atoms with Crippen molar-refractivity contribution in [2.45, 2.75) is 13.8 Å². The fourth-order valence-electron chi connectivity index (χ4n) is 2.94. The lowest BCUT2D eigenvalue weighted by Gasteiger charge is -2.06. The molecule has 0 saturated carbocycles. The van der Waals surface area contributed by atoms with Crippen LogP contribution in [0.25, 0.3) is 22.3 Å². The summed E-state index contributed by atoms with van der Waals surface area (Å²) in [5.74, 6) is 0.888. The Morgan fingerprint density at radius 1 is 0.852 bits per heavy atom. The normalized spacial score (nSPS) is 11.9. The maximum Gasteiger partial charge on any atom is 0.136 e. The van der Waals surface area contributed by atoms with Crippen molar-refractivity contribution < 1.29 is 9.52 Å². The molecule has 0 aliphatic carbocycles. The van der Waals surface area contributed by atoms with E-state index in [1.54, 1.807) is 18.2 Å². The van der Waals surface area contributed by atoms with Gasteiger partial charge in [-0.15, -0.1) is 0 Å². The van der Waals surface area contributed by atoms with Crippen molar-refractivity contribution in [3.05, 3.63) is 88.2 Å². The number of aryl methyl sites for hydroxylation is 2. The predicted octanol–water partition coefficient (Wildman–Crippen LogP) is 6.31. The van der Waals surface area contributed by atoms with Crippen molar-refractivity contribution in [2.24, 2.45) is 4.99 Å². The SMILES string of the molecule is Cc1ccc(N=c2cc(-c3ccc(O)cc3)oc3ccc(Cl)cc23)cc1C. The first-order chi connectivity index (χ1) is 13.0. The third-order valence-corrected chi connectivity index (χ3v) is 4.83. The lowest BCUT2D eigenvalue weighted by molar-refractivity contribution is 0.475. The highest BCUT2D eigenvalue weighted by Crippen LogP contribution is 2.26. The zero-order chi connectivity index (χ0) is 19.0. The smallest absolute Gasteiger partial charge is 0.136 e. The number of hydrogen-bond acceptors (Lipinski definition) is 3. The lowest BCUT2D eigenvalue weighted by atomic mass is 10.1. The minimum atomic E-state index is 0.214. The fourth-order valence-corrected chi connectivity index (χ4v) is 3.11. The van der Waals surface area contributed by atoms with Gasteiger partial charge in [0.2, 0.25) is 0 Å². The molecule has 3 nitrogen and oxygen atoms in total. The van der Waals surface area contributed by atoms with Gasteiger partial charge < -0.3 is 9.52 Å². The van der Waals surface area contributed by atoms with Crippen molar-refractivity contribution >= 4 is 28.3 Å². The minimum absolute atomic E-state index is 0.214. The maximum atomic E-state index is 9.54. The van der Waals surface area contributed by atoms with Crippen LogP contribution in [0.15, 0.2) is 76.1 Å². The van der Waals surface area contributed by atoms with E-state index in [9.17, 15) is 5.11 Å². The molecule has 0 unspecified atom stereocenters. The number of phenols is 1. The first-order valence-electron chi connectivity index (χ1n) is 8.64. The van der Waals surface area contributed by atoms with Crippen LogP contribution >= 0.6 is 11.6 Å². The number of nitrogens with zero attached hydrogens (tertiary/aromatic N) is 1. The molecule has 0 atom stereocenters. The first kappa shape index (κ1) is 17.4. The summed E-state index contributed by atoms with van der Waals surface area (Å²) in [6.07, 6.45) is 0. The molecule has 0 spiro atoms. The summed E-state index contributed by atoms with van der Waals surface area (Å²) in [5, 5.41) is 11.8. The van der Waals surface area contributed by atoms with Crippen molar-refractivity contribution in [1.82, 2.24) is 0 Å². The standard InChI is InChI=1S/C23H18ClNO2/c1-14-3-7-18(11-15(14)2)25-21-13-23(16-4-8-19(26)9-5-16)27-22-10-6-17(24)12-20(21)22/h3-13,26H,1-2H3. The molecule has 27 heavy (non-hydrogen) atoms. The zero-order valence-electron chi connectivity index (χ0n) is 15.0. The molecule has 0 fully saturated rings. The van der Waals surface area contributed by atoms with Crippen molar-refractivity contribution in [1.29, 1.82) is 0 Å². The second-order valence-electron chi connectivity index (χ2n) is 6.56. The van der Waals surface area contributed by atoms with E-state index in [1.807, 2.05) is 36.4 Å². The van der Waals surface area contributed by atoms with E-state index in [-0.39, 0.29) is 5.75 Å². The highest BCUT2D eigenvalue weighted by molar-refractivity contribution is 6.31. The number of phenolic OH excluding ortho intramolecular Hbond substituents is 1. The Balaban J connectivity index is 1.98. The third-order valence-electron chi connectivity index (χ3n) is 4.60. The highest BCUT2D eigenvalue weighted by atomic mass is 35.5. The maximum absolute atomic E-state index is 9.54. The molecule has 0 amide bonds. The average Bonchev–Trinajstić information content (AvgIpc) is 2.65. The van der Waals surface area contributed by atoms with E-state index in [0.29, 0.717) is 16.4 Å². The fraction of sp³-hybridized carbons (Fsp3) is 0.0870. The number of hydrogen-bond donors (Lipinski definition) is 1. The summed E-state index contributed by atoms with van der Waals surface area (Å²) in [5.41, 5.74) is 4.86. The monoisotopic (exact) mass is 375 g/mol. The van der Waals surface area contributed by atoms with Gasteiger partial charge in [0.1, 0.15) is 17.1 Å². The Hall–Kier alpha value is -3.04. The molecule has 0 aliphatic heterocycles. The van der Waals surface area contributed by atoms with Crippen LogP contribution in [-0.2, 0) is 0 Å². The predicted molar refractivity (Wildman–Crippen MR) is 109 cm³/mol. The molecule has 0 aliphatic rings. The molecular weight excluding hydrogens is 358 g/mol. The molecule has 1 aromatic heterocycles. The molecule has 4 aromatic rings. The quantitative estimate of drug-likeness (QED) is 0.446. The molecule has 134 valence electrons. The highest BCUT2D eigenvalue weighted by Gasteiger charge is 2.07. The van der Waals surface area contributed by atoms with Crippen LogP contribution in [0.5, 0.6) is 5.75 Å². The number of rotatable bonds is 2. The van der Waals surface area contributed by atoms with Crippen molar-refractivity contribution in [3.63, 3.8) is 0 Å². The molecule has 4 heteroatoms. The van der Waals surface area contributed by atoms with Crippen molar-refractivity contribution in [2.75, 3.05) is 0 Å². The second kappa shape index (κ2) is 6.93. The van der Waals surface area contributed by atoms with Gasteiger partial charge in [0.15, 0.2) is 0 Å². The van der Waals surface area contributed by atoms with E-state index in [0.717, 1.165) is 22.0 Å². The van der Waals surface area contributed by atoms with Gasteiger partial charge in [0, 0.05) is 22.0 Å². The summed E-state index contributed by atoms with van der Waals surface area (Å²) in [4.78, 5) is 4.85. The number of benzene rings is 3. The number of aromatic hydroxyl groups is 1. The van der Waals surface area contributed by atoms with Gasteiger partial charge >= 0.3 is 0 Å². The van der Waals surface area contributed by atoms with E-state index in [1.165, 1.54) is 11.1 Å². The second-order valence-corrected chi connectivity index (χ2v) is 7.00. The van der Waals surface area contributed by atoms with Crippen LogP contribution in [0.2, 0.25) is 5.02 Å². The summed E-state index contributed by atoms with van der Waals surface area (Å²) < 4.78 is 6.06. The van der Waals surface area contributed by atoms with Crippen LogP contribution in [0.1, 0.15) is 11.1 Å². The summed E-state index contributed by atoms with van der Waals surface area (Å²) in [6, 6.07) is 20.5. The van der Waals surface area contributed by atoms with Gasteiger partial charge in [0.05, 0.1) is 11.0 Å². The van der Waals surface area contributed by atoms with E-state index >= 15 is 0 Å². The van der Waals surface area contributed by atoms with Gasteiger partial charge in [-0.3, -0.25) is 0 Å². The third kappa shape index (κ3) is 3.60. The average molecular weight is 376 g/mol. The van der Waals surface area contributed by atoms with Gasteiger partial charge in [-0.1, -0.05) is 17.7 Å². The van der Waals surface area contributed by atoms with E-state index < -0.39 is 0 Å². The summed E-state index contributed by atoms with van der Waals surface area (Å²) >= 11 is 6.20. The zero-order valence-corrected chi connectivity index (χ0v) is 15.8. The molecule has 4 rings (SSSR count). The summed E-state index contributed by atoms with van der Waals surface area (Å²) in [6.45, 7) is 4.16. The Kier molecular flexibility index (Phi) is 4.46. The Morgan fingerprint density at radius 2 is 1.63 bits per heavy atom. The first-order valence-corrected chi connectivity index (χ1v) is 9.02. The lowest BCUT2D eigenvalue weighted by Crippen LogP contribution is -2.03. The van der Waals surface area contributed by atoms with Crippen molar-refractivity contribution in [3.8, 4) is 17.1 Å². The van der Waals surface area contributed by atoms with Gasteiger partial charge in [-0.2, -0.15) is 0 Å². The van der Waals surface area contributed by atoms with Crippen LogP contribution in [0, 0.1) is 13.8 Å². The molecule has 0 saturated heterocycles. The molecular formula is C23H18ClNO2. The summed E-state index contributed by atoms with van der Waals surface area (Å²) in [7, 11) is 0. The Labute approximate surface area is 162 Å².